The lowest BCUT2D eigenvalue weighted by molar-refractivity contribution is 0.171. The predicted molar refractivity (Wildman–Crippen MR) is 85.1 cm³/mol. The Morgan fingerprint density at radius 2 is 2.00 bits per heavy atom. The van der Waals surface area contributed by atoms with Gasteiger partial charge in [-0.05, 0) is 23.6 Å². The quantitative estimate of drug-likeness (QED) is 0.922. The summed E-state index contributed by atoms with van der Waals surface area (Å²) in [7, 11) is 2.01. The highest BCUT2D eigenvalue weighted by Gasteiger charge is 2.19. The third kappa shape index (κ3) is 3.09. The van der Waals surface area contributed by atoms with Gasteiger partial charge >= 0.3 is 0 Å². The second kappa shape index (κ2) is 6.40. The Morgan fingerprint density at radius 1 is 1.23 bits per heavy atom. The average Bonchev–Trinajstić information content (AvgIpc) is 2.92. The minimum Gasteiger partial charge on any atom is -0.486 e. The summed E-state index contributed by atoms with van der Waals surface area (Å²) in [6.45, 7) is 6.47. The summed E-state index contributed by atoms with van der Waals surface area (Å²) in [6.07, 6.45) is 3.72. The molecule has 3 rings (SSSR count). The van der Waals surface area contributed by atoms with Crippen molar-refractivity contribution in [1.82, 2.24) is 14.9 Å². The van der Waals surface area contributed by atoms with Crippen LogP contribution < -0.4 is 14.8 Å². The molecule has 118 valence electrons. The van der Waals surface area contributed by atoms with Crippen LogP contribution in [-0.2, 0) is 13.6 Å². The van der Waals surface area contributed by atoms with E-state index < -0.39 is 0 Å². The summed E-state index contributed by atoms with van der Waals surface area (Å²) in [4.78, 5) is 4.16. The van der Waals surface area contributed by atoms with E-state index in [0.29, 0.717) is 19.1 Å². The Labute approximate surface area is 131 Å². The summed E-state index contributed by atoms with van der Waals surface area (Å²) >= 11 is 0. The zero-order valence-corrected chi connectivity index (χ0v) is 13.4. The van der Waals surface area contributed by atoms with Crippen LogP contribution in [0.15, 0.2) is 30.7 Å². The van der Waals surface area contributed by atoms with E-state index >= 15 is 0 Å². The van der Waals surface area contributed by atoms with Crippen LogP contribution in [0.1, 0.15) is 31.1 Å². The van der Waals surface area contributed by atoms with E-state index in [1.165, 1.54) is 11.3 Å². The molecule has 0 fully saturated rings. The van der Waals surface area contributed by atoms with Gasteiger partial charge in [0.25, 0.3) is 0 Å². The van der Waals surface area contributed by atoms with Crippen LogP contribution in [-0.4, -0.2) is 22.8 Å². The van der Waals surface area contributed by atoms with Crippen molar-refractivity contribution in [1.29, 1.82) is 0 Å². The van der Waals surface area contributed by atoms with Gasteiger partial charge in [-0.25, -0.2) is 4.98 Å². The fourth-order valence-electron chi connectivity index (χ4n) is 2.76. The van der Waals surface area contributed by atoms with Gasteiger partial charge in [0.2, 0.25) is 0 Å². The lowest BCUT2D eigenvalue weighted by Crippen LogP contribution is -2.26. The number of fused-ring (bicyclic) bond motifs is 1. The topological polar surface area (TPSA) is 48.3 Å². The molecule has 1 N–H and O–H groups in total. The predicted octanol–water partition coefficient (Wildman–Crippen LogP) is 2.68. The Hall–Kier alpha value is -2.01. The minimum absolute atomic E-state index is 0.255. The highest BCUT2D eigenvalue weighted by atomic mass is 16.6. The molecule has 22 heavy (non-hydrogen) atoms. The van der Waals surface area contributed by atoms with Crippen molar-refractivity contribution in [3.8, 4) is 11.5 Å². The monoisotopic (exact) mass is 301 g/mol. The molecule has 0 bridgehead atoms. The molecular formula is C17H23N3O2. The van der Waals surface area contributed by atoms with Crippen molar-refractivity contribution in [2.24, 2.45) is 13.0 Å². The van der Waals surface area contributed by atoms with Gasteiger partial charge in [-0.2, -0.15) is 0 Å². The lowest BCUT2D eigenvalue weighted by atomic mass is 9.95. The first-order valence-corrected chi connectivity index (χ1v) is 7.73. The van der Waals surface area contributed by atoms with Crippen molar-refractivity contribution in [2.75, 3.05) is 13.2 Å². The van der Waals surface area contributed by atoms with Gasteiger partial charge in [0.05, 0.1) is 12.0 Å². The van der Waals surface area contributed by atoms with Gasteiger partial charge in [-0.3, -0.25) is 0 Å². The largest absolute Gasteiger partial charge is 0.486 e. The fourth-order valence-corrected chi connectivity index (χ4v) is 2.76. The van der Waals surface area contributed by atoms with Crippen molar-refractivity contribution < 1.29 is 9.47 Å². The maximum absolute atomic E-state index is 5.70. The SMILES string of the molecule is CC(C)C(NCc1cncn1C)c1ccc2c(c1)OCCO2. The van der Waals surface area contributed by atoms with Crippen LogP contribution in [0.2, 0.25) is 0 Å². The molecule has 0 aliphatic carbocycles. The Bertz CT molecular complexity index is 637. The Kier molecular flexibility index (Phi) is 4.34. The standard InChI is InChI=1S/C17H23N3O2/c1-12(2)17(19-10-14-9-18-11-20(14)3)13-4-5-15-16(8-13)22-7-6-21-15/h4-5,8-9,11-12,17,19H,6-7,10H2,1-3H3. The maximum atomic E-state index is 5.70. The summed E-state index contributed by atoms with van der Waals surface area (Å²) in [6, 6.07) is 6.47. The van der Waals surface area contributed by atoms with Crippen molar-refractivity contribution >= 4 is 0 Å². The second-order valence-corrected chi connectivity index (χ2v) is 6.00. The molecule has 5 heteroatoms. The average molecular weight is 301 g/mol. The number of aryl methyl sites for hydroxylation is 1. The summed E-state index contributed by atoms with van der Waals surface area (Å²) in [5.41, 5.74) is 2.39. The third-order valence-corrected chi connectivity index (χ3v) is 4.01. The number of imidazole rings is 1. The molecular weight excluding hydrogens is 278 g/mol. The number of nitrogens with zero attached hydrogens (tertiary/aromatic N) is 2. The molecule has 0 spiro atoms. The number of aromatic nitrogens is 2. The van der Waals surface area contributed by atoms with Gasteiger partial charge in [0.15, 0.2) is 11.5 Å². The van der Waals surface area contributed by atoms with Gasteiger partial charge in [-0.1, -0.05) is 19.9 Å². The molecule has 2 heterocycles. The van der Waals surface area contributed by atoms with Crippen LogP contribution in [0.4, 0.5) is 0 Å². The van der Waals surface area contributed by atoms with Gasteiger partial charge < -0.3 is 19.4 Å². The molecule has 5 nitrogen and oxygen atoms in total. The van der Waals surface area contributed by atoms with Crippen LogP contribution in [0.25, 0.3) is 0 Å². The number of hydrogen-bond donors (Lipinski definition) is 1. The number of ether oxygens (including phenoxy) is 2. The maximum Gasteiger partial charge on any atom is 0.161 e. The molecule has 0 saturated heterocycles. The second-order valence-electron chi connectivity index (χ2n) is 6.00. The first-order valence-electron chi connectivity index (χ1n) is 7.73. The third-order valence-electron chi connectivity index (χ3n) is 4.01. The van der Waals surface area contributed by atoms with E-state index in [1.54, 1.807) is 0 Å². The number of hydrogen-bond acceptors (Lipinski definition) is 4. The normalized spacial score (nSPS) is 15.1. The van der Waals surface area contributed by atoms with Gasteiger partial charge in [0, 0.05) is 25.8 Å². The molecule has 1 aliphatic heterocycles. The summed E-state index contributed by atoms with van der Waals surface area (Å²) in [5.74, 6) is 2.15. The zero-order valence-electron chi connectivity index (χ0n) is 13.4. The summed E-state index contributed by atoms with van der Waals surface area (Å²) < 4.78 is 13.3. The molecule has 1 aliphatic rings. The lowest BCUT2D eigenvalue weighted by Gasteiger charge is -2.25. The molecule has 1 aromatic carbocycles. The highest BCUT2D eigenvalue weighted by Crippen LogP contribution is 2.34. The van der Waals surface area contributed by atoms with Gasteiger partial charge in [-0.15, -0.1) is 0 Å². The zero-order chi connectivity index (χ0) is 15.5. The van der Waals surface area contributed by atoms with E-state index in [4.69, 9.17) is 9.47 Å². The first-order chi connectivity index (χ1) is 10.6. The van der Waals surface area contributed by atoms with E-state index in [-0.39, 0.29) is 6.04 Å². The van der Waals surface area contributed by atoms with E-state index in [9.17, 15) is 0 Å². The molecule has 2 aromatic rings. The van der Waals surface area contributed by atoms with Crippen molar-refractivity contribution in [3.63, 3.8) is 0 Å². The first kappa shape index (κ1) is 14.9. The van der Waals surface area contributed by atoms with Crippen LogP contribution >= 0.6 is 0 Å². The van der Waals surface area contributed by atoms with E-state index in [1.807, 2.05) is 30.2 Å². The molecule has 0 amide bonds. The van der Waals surface area contributed by atoms with Crippen molar-refractivity contribution in [3.05, 3.63) is 42.0 Å². The van der Waals surface area contributed by atoms with Crippen molar-refractivity contribution in [2.45, 2.75) is 26.4 Å². The Morgan fingerprint density at radius 3 is 2.68 bits per heavy atom. The van der Waals surface area contributed by atoms with E-state index in [0.717, 1.165) is 18.0 Å². The molecule has 0 saturated carbocycles. The van der Waals surface area contributed by atoms with Gasteiger partial charge in [0.1, 0.15) is 13.2 Å². The smallest absolute Gasteiger partial charge is 0.161 e. The number of rotatable bonds is 5. The number of benzene rings is 1. The minimum atomic E-state index is 0.255. The van der Waals surface area contributed by atoms with Crippen LogP contribution in [0, 0.1) is 5.92 Å². The highest BCUT2D eigenvalue weighted by molar-refractivity contribution is 5.44. The number of nitrogens with one attached hydrogen (secondary N) is 1. The Balaban J connectivity index is 1.77. The molecule has 1 aromatic heterocycles. The van der Waals surface area contributed by atoms with E-state index in [2.05, 4.69) is 36.3 Å². The molecule has 1 unspecified atom stereocenters. The van der Waals surface area contributed by atoms with Crippen LogP contribution in [0.5, 0.6) is 11.5 Å². The molecule has 1 atom stereocenters. The fraction of sp³-hybridized carbons (Fsp3) is 0.471. The van der Waals surface area contributed by atoms with Crippen LogP contribution in [0.3, 0.4) is 0 Å². The molecule has 0 radical (unpaired) electrons. The summed E-state index contributed by atoms with van der Waals surface area (Å²) in [5, 5.41) is 3.63.